The minimum atomic E-state index is -1.42. The number of alkyl carbamates (subject to hydrolysis) is 1. The third kappa shape index (κ3) is 8.20. The van der Waals surface area contributed by atoms with Gasteiger partial charge < -0.3 is 25.0 Å². The summed E-state index contributed by atoms with van der Waals surface area (Å²) in [5.41, 5.74) is 0.932. The maximum Gasteiger partial charge on any atom is 0.407 e. The van der Waals surface area contributed by atoms with Gasteiger partial charge in [-0.2, -0.15) is 0 Å². The number of aliphatic hydroxyl groups excluding tert-OH is 1. The van der Waals surface area contributed by atoms with E-state index in [9.17, 15) is 19.8 Å². The summed E-state index contributed by atoms with van der Waals surface area (Å²) in [4.78, 5) is 24.3. The molecule has 3 atom stereocenters. The van der Waals surface area contributed by atoms with Gasteiger partial charge in [-0.05, 0) is 50.5 Å². The van der Waals surface area contributed by atoms with E-state index in [1.165, 1.54) is 0 Å². The predicted molar refractivity (Wildman–Crippen MR) is 121 cm³/mol. The molecule has 0 aliphatic carbocycles. The van der Waals surface area contributed by atoms with Crippen LogP contribution in [-0.4, -0.2) is 53.2 Å². The highest BCUT2D eigenvalue weighted by atomic mass is 16.6. The highest BCUT2D eigenvalue weighted by molar-refractivity contribution is 5.75. The Kier molecular flexibility index (Phi) is 9.04. The highest BCUT2D eigenvalue weighted by Crippen LogP contribution is 2.14. The van der Waals surface area contributed by atoms with Crippen LogP contribution in [0.1, 0.15) is 31.9 Å². The lowest BCUT2D eigenvalue weighted by molar-refractivity contribution is -0.143. The fourth-order valence-corrected chi connectivity index (χ4v) is 3.14. The minimum absolute atomic E-state index is 0.211. The van der Waals surface area contributed by atoms with Gasteiger partial charge in [0.15, 0.2) is 0 Å². The van der Waals surface area contributed by atoms with Crippen molar-refractivity contribution in [2.75, 3.05) is 7.11 Å². The van der Waals surface area contributed by atoms with Crippen molar-refractivity contribution in [2.45, 2.75) is 57.5 Å². The van der Waals surface area contributed by atoms with Crippen LogP contribution in [0.15, 0.2) is 54.6 Å². The molecule has 0 spiro atoms. The third-order valence-corrected chi connectivity index (χ3v) is 4.71. The highest BCUT2D eigenvalue weighted by Gasteiger charge is 2.34. The average Bonchev–Trinajstić information content (AvgIpc) is 2.73. The molecule has 0 bridgehead atoms. The normalized spacial score (nSPS) is 14.2. The largest absolute Gasteiger partial charge is 0.497 e. The van der Waals surface area contributed by atoms with Gasteiger partial charge in [-0.1, -0.05) is 42.5 Å². The number of nitrogens with one attached hydrogen (secondary N) is 2. The van der Waals surface area contributed by atoms with E-state index in [4.69, 9.17) is 9.47 Å². The lowest BCUT2D eigenvalue weighted by atomic mass is 9.96. The molecule has 0 saturated heterocycles. The standard InChI is InChI=1S/C24H32N2O6/c1-24(2,3)32-23(30)26-19(14-16-8-6-5-7-9-16)21(27)20(22(28)29)25-15-17-10-12-18(31-4)13-11-17/h5-13,19-21,25,27H,14-15H2,1-4H3,(H,26,30)(H,28,29). The maximum atomic E-state index is 12.4. The summed E-state index contributed by atoms with van der Waals surface area (Å²) in [5.74, 6) is -0.539. The van der Waals surface area contributed by atoms with Crippen LogP contribution in [0.2, 0.25) is 0 Å². The van der Waals surface area contributed by atoms with Gasteiger partial charge in [-0.3, -0.25) is 10.1 Å². The number of hydrogen-bond acceptors (Lipinski definition) is 6. The third-order valence-electron chi connectivity index (χ3n) is 4.71. The first-order valence-corrected chi connectivity index (χ1v) is 10.4. The second-order valence-corrected chi connectivity index (χ2v) is 8.48. The molecule has 0 aliphatic rings. The molecule has 0 heterocycles. The molecule has 174 valence electrons. The molecule has 2 aromatic rings. The van der Waals surface area contributed by atoms with Gasteiger partial charge in [0, 0.05) is 6.54 Å². The quantitative estimate of drug-likeness (QED) is 0.445. The van der Waals surface area contributed by atoms with Crippen LogP contribution in [0.25, 0.3) is 0 Å². The second kappa shape index (κ2) is 11.5. The summed E-state index contributed by atoms with van der Waals surface area (Å²) in [7, 11) is 1.56. The van der Waals surface area contributed by atoms with E-state index in [1.54, 1.807) is 52.1 Å². The van der Waals surface area contributed by atoms with Crippen molar-refractivity contribution in [3.63, 3.8) is 0 Å². The Balaban J connectivity index is 2.16. The number of ether oxygens (including phenoxy) is 2. The van der Waals surface area contributed by atoms with Crippen LogP contribution < -0.4 is 15.4 Å². The van der Waals surface area contributed by atoms with E-state index >= 15 is 0 Å². The van der Waals surface area contributed by atoms with Crippen molar-refractivity contribution in [1.82, 2.24) is 10.6 Å². The molecule has 0 aromatic heterocycles. The van der Waals surface area contributed by atoms with E-state index < -0.39 is 35.9 Å². The molecule has 3 unspecified atom stereocenters. The van der Waals surface area contributed by atoms with Crippen LogP contribution in [0.3, 0.4) is 0 Å². The zero-order valence-electron chi connectivity index (χ0n) is 18.9. The molecule has 8 nitrogen and oxygen atoms in total. The Labute approximate surface area is 188 Å². The number of carboxylic acid groups (broad SMARTS) is 1. The van der Waals surface area contributed by atoms with E-state index in [0.29, 0.717) is 5.75 Å². The average molecular weight is 445 g/mol. The van der Waals surface area contributed by atoms with Crippen LogP contribution >= 0.6 is 0 Å². The van der Waals surface area contributed by atoms with Crippen molar-refractivity contribution < 1.29 is 29.3 Å². The molecular weight excluding hydrogens is 412 g/mol. The fraction of sp³-hybridized carbons (Fsp3) is 0.417. The zero-order chi connectivity index (χ0) is 23.7. The molecule has 32 heavy (non-hydrogen) atoms. The summed E-state index contributed by atoms with van der Waals surface area (Å²) < 4.78 is 10.4. The van der Waals surface area contributed by atoms with Gasteiger partial charge in [0.05, 0.1) is 13.2 Å². The fourth-order valence-electron chi connectivity index (χ4n) is 3.14. The van der Waals surface area contributed by atoms with Crippen molar-refractivity contribution in [2.24, 2.45) is 0 Å². The SMILES string of the molecule is COc1ccc(CNC(C(=O)O)C(O)C(Cc2ccccc2)NC(=O)OC(C)(C)C)cc1. The lowest BCUT2D eigenvalue weighted by Crippen LogP contribution is -2.57. The minimum Gasteiger partial charge on any atom is -0.497 e. The van der Waals surface area contributed by atoms with Crippen LogP contribution in [0.4, 0.5) is 4.79 Å². The molecule has 0 aliphatic heterocycles. The molecule has 8 heteroatoms. The molecule has 0 fully saturated rings. The van der Waals surface area contributed by atoms with Gasteiger partial charge in [0.25, 0.3) is 0 Å². The van der Waals surface area contributed by atoms with Crippen molar-refractivity contribution >= 4 is 12.1 Å². The first-order valence-electron chi connectivity index (χ1n) is 10.4. The first kappa shape index (κ1) is 25.2. The summed E-state index contributed by atoms with van der Waals surface area (Å²) in [6.07, 6.45) is -1.91. The van der Waals surface area contributed by atoms with E-state index in [2.05, 4.69) is 10.6 Å². The molecular formula is C24H32N2O6. The molecule has 0 saturated carbocycles. The number of benzene rings is 2. The molecule has 2 rings (SSSR count). The van der Waals surface area contributed by atoms with Gasteiger partial charge in [-0.15, -0.1) is 0 Å². The number of carboxylic acids is 1. The number of rotatable bonds is 10. The Morgan fingerprint density at radius 3 is 2.16 bits per heavy atom. The number of hydrogen-bond donors (Lipinski definition) is 4. The second-order valence-electron chi connectivity index (χ2n) is 8.48. The van der Waals surface area contributed by atoms with Crippen molar-refractivity contribution in [3.8, 4) is 5.75 Å². The Morgan fingerprint density at radius 1 is 1.00 bits per heavy atom. The number of carbonyl (C=O) groups excluding carboxylic acids is 1. The van der Waals surface area contributed by atoms with Crippen molar-refractivity contribution in [3.05, 3.63) is 65.7 Å². The Bertz CT molecular complexity index is 864. The molecule has 4 N–H and O–H groups in total. The van der Waals surface area contributed by atoms with Crippen LogP contribution in [0, 0.1) is 0 Å². The number of amides is 1. The summed E-state index contributed by atoms with van der Waals surface area (Å²) in [6.45, 7) is 5.39. The summed E-state index contributed by atoms with van der Waals surface area (Å²) in [6, 6.07) is 14.1. The smallest absolute Gasteiger partial charge is 0.407 e. The molecule has 2 aromatic carbocycles. The molecule has 1 amide bonds. The monoisotopic (exact) mass is 444 g/mol. The lowest BCUT2D eigenvalue weighted by Gasteiger charge is -2.30. The number of aliphatic hydroxyl groups is 1. The van der Waals surface area contributed by atoms with Gasteiger partial charge >= 0.3 is 12.1 Å². The van der Waals surface area contributed by atoms with Gasteiger partial charge in [0.2, 0.25) is 0 Å². The first-order chi connectivity index (χ1) is 15.1. The number of carbonyl (C=O) groups is 2. The van der Waals surface area contributed by atoms with E-state index in [1.807, 2.05) is 30.3 Å². The van der Waals surface area contributed by atoms with Crippen LogP contribution in [-0.2, 0) is 22.5 Å². The molecule has 0 radical (unpaired) electrons. The summed E-state index contributed by atoms with van der Waals surface area (Å²) >= 11 is 0. The summed E-state index contributed by atoms with van der Waals surface area (Å²) in [5, 5.41) is 26.2. The zero-order valence-corrected chi connectivity index (χ0v) is 18.9. The van der Waals surface area contributed by atoms with Crippen LogP contribution in [0.5, 0.6) is 5.75 Å². The van der Waals surface area contributed by atoms with E-state index in [-0.39, 0.29) is 13.0 Å². The number of aliphatic carboxylic acids is 1. The maximum absolute atomic E-state index is 12.4. The predicted octanol–water partition coefficient (Wildman–Crippen LogP) is 2.73. The van der Waals surface area contributed by atoms with Crippen molar-refractivity contribution in [1.29, 1.82) is 0 Å². The Morgan fingerprint density at radius 2 is 1.62 bits per heavy atom. The topological polar surface area (TPSA) is 117 Å². The van der Waals surface area contributed by atoms with Gasteiger partial charge in [0.1, 0.15) is 23.5 Å². The number of methoxy groups -OCH3 is 1. The van der Waals surface area contributed by atoms with Gasteiger partial charge in [-0.25, -0.2) is 4.79 Å². The van der Waals surface area contributed by atoms with E-state index in [0.717, 1.165) is 11.1 Å². The Hall–Kier alpha value is -3.10.